The molecule has 0 unspecified atom stereocenters. The van der Waals surface area contributed by atoms with E-state index < -0.39 is 0 Å². The molecule has 0 spiro atoms. The molecule has 4 aromatic rings. The Balaban J connectivity index is 1.32. The molecule has 37 heavy (non-hydrogen) atoms. The van der Waals surface area contributed by atoms with Crippen LogP contribution in [-0.2, 0) is 22.7 Å². The van der Waals surface area contributed by atoms with Gasteiger partial charge in [-0.05, 0) is 54.0 Å². The molecule has 1 aromatic carbocycles. The van der Waals surface area contributed by atoms with E-state index in [-0.39, 0.29) is 11.9 Å². The molecule has 3 aromatic heterocycles. The first-order chi connectivity index (χ1) is 18.2. The zero-order valence-corrected chi connectivity index (χ0v) is 20.5. The van der Waals surface area contributed by atoms with Gasteiger partial charge in [0.15, 0.2) is 0 Å². The Kier molecular flexibility index (Phi) is 6.24. The molecule has 0 bridgehead atoms. The van der Waals surface area contributed by atoms with E-state index in [0.717, 1.165) is 52.3 Å². The van der Waals surface area contributed by atoms with E-state index >= 15 is 0 Å². The van der Waals surface area contributed by atoms with E-state index in [1.165, 1.54) is 6.08 Å². The van der Waals surface area contributed by atoms with Crippen molar-refractivity contribution in [3.8, 4) is 22.4 Å². The monoisotopic (exact) mass is 492 g/mol. The van der Waals surface area contributed by atoms with Crippen molar-refractivity contribution >= 4 is 18.1 Å². The smallest absolute Gasteiger partial charge is 0.246 e. The van der Waals surface area contributed by atoms with E-state index in [1.54, 1.807) is 12.4 Å². The van der Waals surface area contributed by atoms with Crippen LogP contribution >= 0.6 is 0 Å². The van der Waals surface area contributed by atoms with Crippen molar-refractivity contribution in [3.05, 3.63) is 90.7 Å². The van der Waals surface area contributed by atoms with Crippen molar-refractivity contribution in [1.82, 2.24) is 29.4 Å². The van der Waals surface area contributed by atoms with Crippen LogP contribution in [0.3, 0.4) is 0 Å². The van der Waals surface area contributed by atoms with Crippen molar-refractivity contribution in [2.24, 2.45) is 0 Å². The molecular formula is C29H28N6O2. The van der Waals surface area contributed by atoms with Gasteiger partial charge in [0.2, 0.25) is 5.91 Å². The molecule has 0 N–H and O–H groups in total. The third-order valence-corrected chi connectivity index (χ3v) is 6.93. The summed E-state index contributed by atoms with van der Waals surface area (Å²) in [5.74, 6) is -0.0326. The maximum Gasteiger partial charge on any atom is 0.246 e. The summed E-state index contributed by atoms with van der Waals surface area (Å²) in [5.41, 5.74) is 7.13. The van der Waals surface area contributed by atoms with Crippen LogP contribution in [0.5, 0.6) is 0 Å². The SMILES string of the molecule is C=CC(=O)N1CC[C@H](n2cc(-c3ccncc3)c(-c3cccc(/C=C/c4cc5n(n4)CCOC5)c3)n2)C1. The number of amides is 1. The van der Waals surface area contributed by atoms with Gasteiger partial charge in [0.05, 0.1) is 37.2 Å². The Morgan fingerprint density at radius 3 is 2.78 bits per heavy atom. The number of pyridine rings is 1. The van der Waals surface area contributed by atoms with Crippen LogP contribution in [-0.4, -0.2) is 55.0 Å². The summed E-state index contributed by atoms with van der Waals surface area (Å²) in [6, 6.07) is 14.6. The van der Waals surface area contributed by atoms with Gasteiger partial charge in [0, 0.05) is 42.8 Å². The molecule has 8 heteroatoms. The molecule has 0 aliphatic carbocycles. The van der Waals surface area contributed by atoms with Crippen molar-refractivity contribution < 1.29 is 9.53 Å². The first-order valence-corrected chi connectivity index (χ1v) is 12.5. The number of carbonyl (C=O) groups excluding carboxylic acids is 1. The van der Waals surface area contributed by atoms with E-state index in [4.69, 9.17) is 9.84 Å². The number of ether oxygens (including phenoxy) is 1. The average molecular weight is 493 g/mol. The second-order valence-electron chi connectivity index (χ2n) is 9.33. The summed E-state index contributed by atoms with van der Waals surface area (Å²) in [5, 5.41) is 9.71. The van der Waals surface area contributed by atoms with Gasteiger partial charge in [-0.25, -0.2) is 0 Å². The number of benzene rings is 1. The van der Waals surface area contributed by atoms with Gasteiger partial charge < -0.3 is 9.64 Å². The molecule has 2 aliphatic heterocycles. The molecule has 1 amide bonds. The lowest BCUT2D eigenvalue weighted by molar-refractivity contribution is -0.125. The number of hydrogen-bond donors (Lipinski definition) is 0. The quantitative estimate of drug-likeness (QED) is 0.371. The number of likely N-dealkylation sites (tertiary alicyclic amines) is 1. The zero-order valence-electron chi connectivity index (χ0n) is 20.5. The predicted molar refractivity (Wildman–Crippen MR) is 142 cm³/mol. The Labute approximate surface area is 215 Å². The highest BCUT2D eigenvalue weighted by molar-refractivity contribution is 5.87. The molecular weight excluding hydrogens is 464 g/mol. The van der Waals surface area contributed by atoms with Crippen molar-refractivity contribution in [1.29, 1.82) is 0 Å². The van der Waals surface area contributed by atoms with Gasteiger partial charge in [-0.2, -0.15) is 10.2 Å². The van der Waals surface area contributed by atoms with E-state index in [2.05, 4.69) is 59.3 Å². The van der Waals surface area contributed by atoms with E-state index in [9.17, 15) is 4.79 Å². The number of nitrogens with zero attached hydrogens (tertiary/aromatic N) is 6. The predicted octanol–water partition coefficient (Wildman–Crippen LogP) is 4.47. The molecule has 0 radical (unpaired) electrons. The molecule has 2 aliphatic rings. The van der Waals surface area contributed by atoms with Gasteiger partial charge in [-0.1, -0.05) is 30.9 Å². The molecule has 6 rings (SSSR count). The number of fused-ring (bicyclic) bond motifs is 1. The lowest BCUT2D eigenvalue weighted by atomic mass is 10.0. The van der Waals surface area contributed by atoms with Gasteiger partial charge >= 0.3 is 0 Å². The minimum absolute atomic E-state index is 0.0326. The second-order valence-corrected chi connectivity index (χ2v) is 9.33. The lowest BCUT2D eigenvalue weighted by Crippen LogP contribution is -2.27. The summed E-state index contributed by atoms with van der Waals surface area (Å²) in [6.45, 7) is 7.06. The van der Waals surface area contributed by atoms with Crippen LogP contribution in [0.25, 0.3) is 34.5 Å². The van der Waals surface area contributed by atoms with Crippen LogP contribution in [0.1, 0.15) is 29.4 Å². The summed E-state index contributed by atoms with van der Waals surface area (Å²) in [7, 11) is 0. The molecule has 5 heterocycles. The molecule has 0 saturated carbocycles. The normalized spacial score (nSPS) is 17.3. The third-order valence-electron chi connectivity index (χ3n) is 6.93. The first kappa shape index (κ1) is 23.1. The van der Waals surface area contributed by atoms with Gasteiger partial charge in [0.1, 0.15) is 5.69 Å². The Morgan fingerprint density at radius 2 is 1.95 bits per heavy atom. The maximum absolute atomic E-state index is 12.1. The largest absolute Gasteiger partial charge is 0.373 e. The summed E-state index contributed by atoms with van der Waals surface area (Å²) in [4.78, 5) is 18.1. The van der Waals surface area contributed by atoms with E-state index in [0.29, 0.717) is 26.3 Å². The number of hydrogen-bond acceptors (Lipinski definition) is 5. The summed E-state index contributed by atoms with van der Waals surface area (Å²) in [6.07, 6.45) is 12.0. The van der Waals surface area contributed by atoms with Crippen LogP contribution in [0.2, 0.25) is 0 Å². The number of carbonyl (C=O) groups is 1. The fourth-order valence-corrected chi connectivity index (χ4v) is 4.99. The third kappa shape index (κ3) is 4.75. The van der Waals surface area contributed by atoms with Crippen molar-refractivity contribution in [2.45, 2.75) is 25.6 Å². The highest BCUT2D eigenvalue weighted by Gasteiger charge is 2.28. The first-order valence-electron chi connectivity index (χ1n) is 12.5. The van der Waals surface area contributed by atoms with Crippen molar-refractivity contribution in [2.75, 3.05) is 19.7 Å². The maximum atomic E-state index is 12.1. The zero-order chi connectivity index (χ0) is 25.2. The molecule has 186 valence electrons. The summed E-state index contributed by atoms with van der Waals surface area (Å²) < 4.78 is 9.55. The Bertz CT molecular complexity index is 1450. The van der Waals surface area contributed by atoms with Gasteiger partial charge in [-0.15, -0.1) is 0 Å². The number of rotatable bonds is 6. The highest BCUT2D eigenvalue weighted by atomic mass is 16.5. The van der Waals surface area contributed by atoms with Crippen LogP contribution in [0.15, 0.2) is 73.7 Å². The average Bonchev–Trinajstić information content (AvgIpc) is 3.70. The second kappa shape index (κ2) is 9.99. The Hall–Kier alpha value is -4.30. The van der Waals surface area contributed by atoms with Gasteiger partial charge in [0.25, 0.3) is 0 Å². The topological polar surface area (TPSA) is 78.1 Å². The van der Waals surface area contributed by atoms with E-state index in [1.807, 2.05) is 32.5 Å². The van der Waals surface area contributed by atoms with Crippen LogP contribution in [0, 0.1) is 0 Å². The van der Waals surface area contributed by atoms with Gasteiger partial charge in [-0.3, -0.25) is 19.1 Å². The van der Waals surface area contributed by atoms with Crippen LogP contribution in [0.4, 0.5) is 0 Å². The molecule has 1 atom stereocenters. The lowest BCUT2D eigenvalue weighted by Gasteiger charge is -2.14. The molecule has 1 fully saturated rings. The van der Waals surface area contributed by atoms with Crippen LogP contribution < -0.4 is 0 Å². The highest BCUT2D eigenvalue weighted by Crippen LogP contribution is 2.34. The standard InChI is InChI=1S/C29H28N6O2/c1-2-28(36)33-13-10-25(18-33)35-19-27(22-8-11-30-12-9-22)29(32-35)23-5-3-4-21(16-23)6-7-24-17-26-20-37-15-14-34(26)31-24/h2-9,11-12,16-17,19,25H,1,10,13-15,18,20H2/b7-6+/t25-/m0/s1. The minimum Gasteiger partial charge on any atom is -0.373 e. The van der Waals surface area contributed by atoms with Crippen molar-refractivity contribution in [3.63, 3.8) is 0 Å². The fraction of sp³-hybridized carbons (Fsp3) is 0.241. The number of aromatic nitrogens is 5. The molecule has 8 nitrogen and oxygen atoms in total. The molecule has 1 saturated heterocycles. The minimum atomic E-state index is -0.0326. The Morgan fingerprint density at radius 1 is 1.05 bits per heavy atom. The summed E-state index contributed by atoms with van der Waals surface area (Å²) >= 11 is 0. The fourth-order valence-electron chi connectivity index (χ4n) is 4.99.